The fourth-order valence-electron chi connectivity index (χ4n) is 3.93. The summed E-state index contributed by atoms with van der Waals surface area (Å²) in [5.74, 6) is 0.869. The van der Waals surface area contributed by atoms with Crippen LogP contribution in [0.25, 0.3) is 0 Å². The molecular weight excluding hydrogens is 338 g/mol. The van der Waals surface area contributed by atoms with E-state index in [0.717, 1.165) is 69.4 Å². The smallest absolute Gasteiger partial charge is 0.225 e. The molecule has 4 heterocycles. The number of aromatic nitrogens is 3. The Morgan fingerprint density at radius 3 is 2.56 bits per heavy atom. The second-order valence-corrected chi connectivity index (χ2v) is 7.56. The standard InChI is InChI=1S/C21H29N5O/c1-4-10-26(11-5-1)21-23-13-18(14-24-21)15-25(17-20-8-6-12-27-20)16-19-7-2-3-9-22-19/h2-3,7,9,13-14,20H,1,4-6,8,10-12,15-17H2. The highest BCUT2D eigenvalue weighted by molar-refractivity contribution is 5.30. The minimum absolute atomic E-state index is 0.322. The molecule has 2 aromatic rings. The van der Waals surface area contributed by atoms with E-state index in [0.29, 0.717) is 6.10 Å². The van der Waals surface area contributed by atoms with E-state index >= 15 is 0 Å². The second kappa shape index (κ2) is 9.24. The molecule has 1 atom stereocenters. The van der Waals surface area contributed by atoms with Gasteiger partial charge >= 0.3 is 0 Å². The normalized spacial score (nSPS) is 20.3. The lowest BCUT2D eigenvalue weighted by Gasteiger charge is -2.27. The van der Waals surface area contributed by atoms with Crippen LogP contribution in [-0.4, -0.2) is 52.2 Å². The summed E-state index contributed by atoms with van der Waals surface area (Å²) in [6.07, 6.45) is 12.3. The molecule has 2 saturated heterocycles. The Hall–Kier alpha value is -2.05. The van der Waals surface area contributed by atoms with Gasteiger partial charge in [0.1, 0.15) is 0 Å². The van der Waals surface area contributed by atoms with Crippen molar-refractivity contribution in [2.75, 3.05) is 31.1 Å². The van der Waals surface area contributed by atoms with E-state index in [1.54, 1.807) is 0 Å². The Balaban J connectivity index is 1.41. The quantitative estimate of drug-likeness (QED) is 0.750. The number of rotatable bonds is 7. The molecule has 0 saturated carbocycles. The topological polar surface area (TPSA) is 54.4 Å². The summed E-state index contributed by atoms with van der Waals surface area (Å²) in [4.78, 5) is 18.5. The van der Waals surface area contributed by atoms with Crippen molar-refractivity contribution >= 4 is 5.95 Å². The molecule has 2 aromatic heterocycles. The molecule has 0 amide bonds. The number of hydrogen-bond donors (Lipinski definition) is 0. The van der Waals surface area contributed by atoms with Crippen molar-refractivity contribution in [1.82, 2.24) is 19.9 Å². The van der Waals surface area contributed by atoms with E-state index in [2.05, 4.69) is 30.8 Å². The van der Waals surface area contributed by atoms with Crippen LogP contribution in [0.3, 0.4) is 0 Å². The van der Waals surface area contributed by atoms with Gasteiger partial charge in [0.2, 0.25) is 5.95 Å². The first-order valence-corrected chi connectivity index (χ1v) is 10.2. The molecule has 0 aliphatic carbocycles. The number of hydrogen-bond acceptors (Lipinski definition) is 6. The van der Waals surface area contributed by atoms with Crippen LogP contribution in [0.2, 0.25) is 0 Å². The second-order valence-electron chi connectivity index (χ2n) is 7.56. The molecule has 144 valence electrons. The van der Waals surface area contributed by atoms with Gasteiger partial charge in [-0.2, -0.15) is 0 Å². The monoisotopic (exact) mass is 367 g/mol. The first-order chi connectivity index (χ1) is 13.4. The third-order valence-corrected chi connectivity index (χ3v) is 5.33. The molecule has 2 fully saturated rings. The molecule has 2 aliphatic heterocycles. The predicted molar refractivity (Wildman–Crippen MR) is 105 cm³/mol. The molecule has 0 N–H and O–H groups in total. The number of anilines is 1. The Kier molecular flexibility index (Phi) is 6.27. The minimum atomic E-state index is 0.322. The average Bonchev–Trinajstić information content (AvgIpc) is 3.23. The van der Waals surface area contributed by atoms with Crippen molar-refractivity contribution in [1.29, 1.82) is 0 Å². The maximum Gasteiger partial charge on any atom is 0.225 e. The van der Waals surface area contributed by atoms with Crippen molar-refractivity contribution in [3.8, 4) is 0 Å². The van der Waals surface area contributed by atoms with E-state index in [1.165, 1.54) is 19.3 Å². The Labute approximate surface area is 161 Å². The summed E-state index contributed by atoms with van der Waals surface area (Å²) < 4.78 is 5.86. The lowest BCUT2D eigenvalue weighted by Crippen LogP contribution is -2.32. The summed E-state index contributed by atoms with van der Waals surface area (Å²) in [5, 5.41) is 0. The Morgan fingerprint density at radius 2 is 1.85 bits per heavy atom. The summed E-state index contributed by atoms with van der Waals surface area (Å²) in [5.41, 5.74) is 2.23. The molecular formula is C21H29N5O. The SMILES string of the molecule is c1ccc(CN(Cc2cnc(N3CCCCC3)nc2)CC2CCCO2)nc1. The Morgan fingerprint density at radius 1 is 1.00 bits per heavy atom. The maximum absolute atomic E-state index is 5.86. The molecule has 4 rings (SSSR count). The molecule has 27 heavy (non-hydrogen) atoms. The van der Waals surface area contributed by atoms with E-state index in [1.807, 2.05) is 30.7 Å². The van der Waals surface area contributed by atoms with Crippen LogP contribution in [0.4, 0.5) is 5.95 Å². The molecule has 0 aromatic carbocycles. The fourth-order valence-corrected chi connectivity index (χ4v) is 3.93. The average molecular weight is 367 g/mol. The van der Waals surface area contributed by atoms with Gasteiger partial charge in [0.05, 0.1) is 11.8 Å². The van der Waals surface area contributed by atoms with Crippen molar-refractivity contribution in [2.45, 2.75) is 51.3 Å². The van der Waals surface area contributed by atoms with E-state index < -0.39 is 0 Å². The number of piperidine rings is 1. The summed E-state index contributed by atoms with van der Waals surface area (Å²) in [7, 11) is 0. The Bertz CT molecular complexity index is 681. The highest BCUT2D eigenvalue weighted by atomic mass is 16.5. The van der Waals surface area contributed by atoms with E-state index in [-0.39, 0.29) is 0 Å². The van der Waals surface area contributed by atoms with Crippen molar-refractivity contribution < 1.29 is 4.74 Å². The zero-order chi connectivity index (χ0) is 18.3. The number of pyridine rings is 1. The van der Waals surface area contributed by atoms with Gasteiger partial charge in [-0.3, -0.25) is 9.88 Å². The molecule has 0 spiro atoms. The zero-order valence-electron chi connectivity index (χ0n) is 16.0. The van der Waals surface area contributed by atoms with Crippen LogP contribution in [0.1, 0.15) is 43.4 Å². The van der Waals surface area contributed by atoms with Gasteiger partial charge in [-0.1, -0.05) is 6.07 Å². The predicted octanol–water partition coefficient (Wildman–Crippen LogP) is 3.04. The van der Waals surface area contributed by atoms with Crippen LogP contribution in [0.5, 0.6) is 0 Å². The van der Waals surface area contributed by atoms with Gasteiger partial charge in [0.15, 0.2) is 0 Å². The number of nitrogens with zero attached hydrogens (tertiary/aromatic N) is 5. The lowest BCUT2D eigenvalue weighted by atomic mass is 10.1. The first-order valence-electron chi connectivity index (χ1n) is 10.2. The van der Waals surface area contributed by atoms with Crippen LogP contribution >= 0.6 is 0 Å². The van der Waals surface area contributed by atoms with Crippen LogP contribution in [-0.2, 0) is 17.8 Å². The number of ether oxygens (including phenoxy) is 1. The summed E-state index contributed by atoms with van der Waals surface area (Å²) >= 11 is 0. The molecule has 6 heteroatoms. The molecule has 2 aliphatic rings. The van der Waals surface area contributed by atoms with Gasteiger partial charge in [0, 0.05) is 63.5 Å². The minimum Gasteiger partial charge on any atom is -0.377 e. The third-order valence-electron chi connectivity index (χ3n) is 5.33. The van der Waals surface area contributed by atoms with Crippen molar-refractivity contribution in [2.24, 2.45) is 0 Å². The van der Waals surface area contributed by atoms with Crippen LogP contribution in [0, 0.1) is 0 Å². The molecule has 1 unspecified atom stereocenters. The fraction of sp³-hybridized carbons (Fsp3) is 0.571. The lowest BCUT2D eigenvalue weighted by molar-refractivity contribution is 0.0674. The third kappa shape index (κ3) is 5.23. The highest BCUT2D eigenvalue weighted by Crippen LogP contribution is 2.18. The maximum atomic E-state index is 5.86. The van der Waals surface area contributed by atoms with Gasteiger partial charge in [-0.25, -0.2) is 9.97 Å². The molecule has 6 nitrogen and oxygen atoms in total. The van der Waals surface area contributed by atoms with Crippen molar-refractivity contribution in [3.05, 3.63) is 48.0 Å². The largest absolute Gasteiger partial charge is 0.377 e. The molecule has 0 radical (unpaired) electrons. The van der Waals surface area contributed by atoms with Gasteiger partial charge in [0.25, 0.3) is 0 Å². The molecule has 0 bridgehead atoms. The zero-order valence-corrected chi connectivity index (χ0v) is 16.0. The highest BCUT2D eigenvalue weighted by Gasteiger charge is 2.20. The van der Waals surface area contributed by atoms with E-state index in [9.17, 15) is 0 Å². The van der Waals surface area contributed by atoms with Gasteiger partial charge in [-0.05, 0) is 44.2 Å². The van der Waals surface area contributed by atoms with Crippen molar-refractivity contribution in [3.63, 3.8) is 0 Å². The van der Waals surface area contributed by atoms with Gasteiger partial charge in [-0.15, -0.1) is 0 Å². The first kappa shape index (κ1) is 18.3. The van der Waals surface area contributed by atoms with Crippen LogP contribution in [0.15, 0.2) is 36.8 Å². The summed E-state index contributed by atoms with van der Waals surface area (Å²) in [6.45, 7) is 5.58. The van der Waals surface area contributed by atoms with Crippen LogP contribution < -0.4 is 4.90 Å². The van der Waals surface area contributed by atoms with Gasteiger partial charge < -0.3 is 9.64 Å². The summed E-state index contributed by atoms with van der Waals surface area (Å²) in [6, 6.07) is 6.09. The van der Waals surface area contributed by atoms with E-state index in [4.69, 9.17) is 4.74 Å².